The average Bonchev–Trinajstić information content (AvgIpc) is 3.39. The Morgan fingerprint density at radius 3 is 3.14 bits per heavy atom. The highest BCUT2D eigenvalue weighted by Crippen LogP contribution is 2.32. The fourth-order valence-electron chi connectivity index (χ4n) is 3.09. The van der Waals surface area contributed by atoms with Gasteiger partial charge in [0.25, 0.3) is 0 Å². The minimum Gasteiger partial charge on any atom is -0.409 e. The number of hydrogen-bond acceptors (Lipinski definition) is 8. The highest BCUT2D eigenvalue weighted by Gasteiger charge is 2.27. The molecule has 0 bridgehead atoms. The van der Waals surface area contributed by atoms with Crippen molar-refractivity contribution in [2.75, 3.05) is 0 Å². The van der Waals surface area contributed by atoms with Crippen LogP contribution in [-0.2, 0) is 19.2 Å². The minimum absolute atomic E-state index is 0.0711. The lowest BCUT2D eigenvalue weighted by atomic mass is 10.1. The van der Waals surface area contributed by atoms with Crippen molar-refractivity contribution in [2.45, 2.75) is 29.7 Å². The van der Waals surface area contributed by atoms with E-state index in [1.54, 1.807) is 13.1 Å². The third-order valence-electron chi connectivity index (χ3n) is 4.59. The molecule has 4 rings (SSSR count). The zero-order valence-corrected chi connectivity index (χ0v) is 15.5. The van der Waals surface area contributed by atoms with E-state index < -0.39 is 0 Å². The van der Waals surface area contributed by atoms with Crippen LogP contribution in [0.2, 0.25) is 0 Å². The predicted octanol–water partition coefficient (Wildman–Crippen LogP) is 1.34. The smallest absolute Gasteiger partial charge is 0.343 e. The first-order chi connectivity index (χ1) is 13.6. The molecule has 2 aromatic heterocycles. The lowest BCUT2D eigenvalue weighted by molar-refractivity contribution is 0.296. The molecule has 146 valence electrons. The van der Waals surface area contributed by atoms with E-state index in [-0.39, 0.29) is 29.1 Å². The first-order valence-electron chi connectivity index (χ1n) is 8.39. The van der Waals surface area contributed by atoms with Crippen LogP contribution in [0.25, 0.3) is 0 Å². The van der Waals surface area contributed by atoms with Gasteiger partial charge >= 0.3 is 5.69 Å². The SMILES string of the molecule is Cn1c(CSc2nonc2/C(=N\O)NC2CCc3ccc(F)cc32)n[nH]c1=O. The maximum Gasteiger partial charge on any atom is 0.343 e. The fourth-order valence-corrected chi connectivity index (χ4v) is 3.97. The summed E-state index contributed by atoms with van der Waals surface area (Å²) in [6.07, 6.45) is 1.51. The van der Waals surface area contributed by atoms with Gasteiger partial charge in [-0.25, -0.2) is 18.9 Å². The maximum absolute atomic E-state index is 13.6. The average molecular weight is 405 g/mol. The van der Waals surface area contributed by atoms with Gasteiger partial charge in [-0.3, -0.25) is 4.57 Å². The van der Waals surface area contributed by atoms with Crippen LogP contribution in [0.3, 0.4) is 0 Å². The zero-order chi connectivity index (χ0) is 19.7. The summed E-state index contributed by atoms with van der Waals surface area (Å²) >= 11 is 1.22. The number of nitrogens with one attached hydrogen (secondary N) is 2. The lowest BCUT2D eigenvalue weighted by Gasteiger charge is -2.15. The summed E-state index contributed by atoms with van der Waals surface area (Å²) in [6, 6.07) is 4.44. The number of hydrogen-bond donors (Lipinski definition) is 3. The summed E-state index contributed by atoms with van der Waals surface area (Å²) in [7, 11) is 1.60. The second-order valence-corrected chi connectivity index (χ2v) is 7.20. The summed E-state index contributed by atoms with van der Waals surface area (Å²) in [4.78, 5) is 11.4. The van der Waals surface area contributed by atoms with Crippen molar-refractivity contribution in [1.29, 1.82) is 0 Å². The number of thioether (sulfide) groups is 1. The van der Waals surface area contributed by atoms with Crippen molar-refractivity contribution in [2.24, 2.45) is 12.2 Å². The van der Waals surface area contributed by atoms with Crippen LogP contribution in [0.4, 0.5) is 4.39 Å². The Morgan fingerprint density at radius 1 is 1.54 bits per heavy atom. The Labute approximate surface area is 161 Å². The van der Waals surface area contributed by atoms with E-state index >= 15 is 0 Å². The van der Waals surface area contributed by atoms with Gasteiger partial charge in [0, 0.05) is 7.05 Å². The molecular formula is C16H16FN7O3S. The Morgan fingerprint density at radius 2 is 2.39 bits per heavy atom. The largest absolute Gasteiger partial charge is 0.409 e. The van der Waals surface area contributed by atoms with Crippen LogP contribution < -0.4 is 11.0 Å². The summed E-state index contributed by atoms with van der Waals surface area (Å²) in [5, 5.41) is 30.1. The summed E-state index contributed by atoms with van der Waals surface area (Å²) in [5.41, 5.74) is 1.76. The highest BCUT2D eigenvalue weighted by molar-refractivity contribution is 7.98. The molecule has 1 aliphatic carbocycles. The number of H-pyrrole nitrogens is 1. The summed E-state index contributed by atoms with van der Waals surface area (Å²) in [6.45, 7) is 0. The zero-order valence-electron chi connectivity index (χ0n) is 14.7. The molecule has 0 radical (unpaired) electrons. The van der Waals surface area contributed by atoms with E-state index in [1.165, 1.54) is 28.5 Å². The van der Waals surface area contributed by atoms with E-state index in [0.29, 0.717) is 16.6 Å². The first kappa shape index (κ1) is 18.2. The summed E-state index contributed by atoms with van der Waals surface area (Å²) in [5.74, 6) is 0.590. The number of halogens is 1. The Balaban J connectivity index is 1.51. The number of nitrogens with zero attached hydrogens (tertiary/aromatic N) is 5. The van der Waals surface area contributed by atoms with Crippen LogP contribution in [0.15, 0.2) is 37.8 Å². The van der Waals surface area contributed by atoms with Gasteiger partial charge in [0.05, 0.1) is 11.8 Å². The van der Waals surface area contributed by atoms with E-state index in [1.807, 2.05) is 0 Å². The van der Waals surface area contributed by atoms with Crippen molar-refractivity contribution in [1.82, 2.24) is 30.4 Å². The van der Waals surface area contributed by atoms with E-state index in [2.05, 4.69) is 31.0 Å². The van der Waals surface area contributed by atoms with Gasteiger partial charge in [-0.05, 0) is 46.4 Å². The maximum atomic E-state index is 13.6. The molecule has 0 fully saturated rings. The van der Waals surface area contributed by atoms with Gasteiger partial charge in [0.15, 0.2) is 16.6 Å². The second-order valence-electron chi connectivity index (χ2n) is 6.24. The third kappa shape index (κ3) is 3.38. The number of oxime groups is 1. The molecule has 3 N–H and O–H groups in total. The third-order valence-corrected chi connectivity index (χ3v) is 5.53. The minimum atomic E-state index is -0.320. The van der Waals surface area contributed by atoms with Gasteiger partial charge in [-0.15, -0.1) is 0 Å². The monoisotopic (exact) mass is 405 g/mol. The molecule has 0 amide bonds. The van der Waals surface area contributed by atoms with Crippen LogP contribution in [-0.4, -0.2) is 36.1 Å². The number of aryl methyl sites for hydroxylation is 1. The normalized spacial score (nSPS) is 16.4. The second kappa shape index (κ2) is 7.46. The molecule has 0 saturated carbocycles. The molecule has 3 aromatic rings. The van der Waals surface area contributed by atoms with Gasteiger partial charge in [0.2, 0.25) is 0 Å². The van der Waals surface area contributed by atoms with Crippen molar-refractivity contribution in [3.8, 4) is 0 Å². The number of amidine groups is 1. The molecule has 1 atom stereocenters. The Bertz CT molecular complexity index is 1090. The van der Waals surface area contributed by atoms with Crippen molar-refractivity contribution in [3.63, 3.8) is 0 Å². The van der Waals surface area contributed by atoms with Gasteiger partial charge in [-0.1, -0.05) is 23.0 Å². The quantitative estimate of drug-likeness (QED) is 0.190. The van der Waals surface area contributed by atoms with Crippen LogP contribution in [0, 0.1) is 5.82 Å². The van der Waals surface area contributed by atoms with Crippen molar-refractivity contribution in [3.05, 3.63) is 57.1 Å². The standard InChI is InChI=1S/C16H16FN7O3S/c1-24-12(19-20-16(24)25)7-28-15-13(22-27-23-15)14(21-26)18-11-5-3-8-2-4-9(17)6-10(8)11/h2,4,6,11,26H,3,5,7H2,1H3,(H,18,21)(H,20,25). The van der Waals surface area contributed by atoms with Gasteiger partial charge < -0.3 is 10.5 Å². The first-order valence-corrected chi connectivity index (χ1v) is 9.38. The molecule has 0 aliphatic heterocycles. The van der Waals surface area contributed by atoms with Gasteiger partial charge in [0.1, 0.15) is 11.6 Å². The van der Waals surface area contributed by atoms with Crippen molar-refractivity contribution >= 4 is 17.6 Å². The summed E-state index contributed by atoms with van der Waals surface area (Å²) < 4.78 is 19.8. The van der Waals surface area contributed by atoms with Crippen LogP contribution in [0.5, 0.6) is 0 Å². The molecule has 1 aliphatic rings. The van der Waals surface area contributed by atoms with E-state index in [0.717, 1.165) is 24.0 Å². The molecule has 28 heavy (non-hydrogen) atoms. The topological polar surface area (TPSA) is 134 Å². The molecule has 0 spiro atoms. The Kier molecular flexibility index (Phi) is 4.86. The van der Waals surface area contributed by atoms with Crippen LogP contribution >= 0.6 is 11.8 Å². The number of aromatic amines is 1. The van der Waals surface area contributed by atoms with Crippen molar-refractivity contribution < 1.29 is 14.2 Å². The molecule has 12 heteroatoms. The molecule has 1 unspecified atom stereocenters. The number of benzene rings is 1. The van der Waals surface area contributed by atoms with E-state index in [4.69, 9.17) is 4.63 Å². The Hall–Kier alpha value is -3.15. The fraction of sp³-hybridized carbons (Fsp3) is 0.312. The highest BCUT2D eigenvalue weighted by atomic mass is 32.2. The van der Waals surface area contributed by atoms with Crippen LogP contribution in [0.1, 0.15) is 35.1 Å². The number of rotatable bonds is 5. The van der Waals surface area contributed by atoms with E-state index in [9.17, 15) is 14.4 Å². The molecule has 2 heterocycles. The number of aromatic nitrogens is 5. The molecule has 0 saturated heterocycles. The van der Waals surface area contributed by atoms with Gasteiger partial charge in [-0.2, -0.15) is 5.10 Å². The molecule has 10 nitrogen and oxygen atoms in total. The molecule has 1 aromatic carbocycles. The lowest BCUT2D eigenvalue weighted by Crippen LogP contribution is -2.29. The number of fused-ring (bicyclic) bond motifs is 1. The molecular weight excluding hydrogens is 389 g/mol. The predicted molar refractivity (Wildman–Crippen MR) is 96.6 cm³/mol.